The molecule has 3 atom stereocenters. The van der Waals surface area contributed by atoms with Crippen LogP contribution in [0.5, 0.6) is 0 Å². The van der Waals surface area contributed by atoms with E-state index in [-0.39, 0.29) is 0 Å². The van der Waals surface area contributed by atoms with Crippen LogP contribution in [0.3, 0.4) is 0 Å². The van der Waals surface area contributed by atoms with Crippen molar-refractivity contribution >= 4 is 11.9 Å². The van der Waals surface area contributed by atoms with Gasteiger partial charge in [-0.1, -0.05) is 0 Å². The van der Waals surface area contributed by atoms with Crippen LogP contribution in [-0.4, -0.2) is 102 Å². The number of rotatable bonds is 4. The maximum absolute atomic E-state index is 10.6. The van der Waals surface area contributed by atoms with Gasteiger partial charge in [0.25, 0.3) is 0 Å². The maximum Gasteiger partial charge on any atom is 0.490 e. The predicted molar refractivity (Wildman–Crippen MR) is 105 cm³/mol. The maximum atomic E-state index is 10.6. The van der Waals surface area contributed by atoms with Crippen molar-refractivity contribution in [2.45, 2.75) is 50.0 Å². The molecule has 4 heterocycles. The van der Waals surface area contributed by atoms with E-state index in [9.17, 15) is 26.3 Å². The van der Waals surface area contributed by atoms with Gasteiger partial charge >= 0.3 is 24.3 Å². The zero-order valence-electron chi connectivity index (χ0n) is 18.4. The van der Waals surface area contributed by atoms with Crippen molar-refractivity contribution in [2.75, 3.05) is 39.4 Å². The van der Waals surface area contributed by atoms with E-state index in [1.165, 1.54) is 12.8 Å². The molecule has 200 valence electrons. The summed E-state index contributed by atoms with van der Waals surface area (Å²) in [5.41, 5.74) is 0. The summed E-state index contributed by atoms with van der Waals surface area (Å²) in [6.45, 7) is 6.85. The van der Waals surface area contributed by atoms with Crippen molar-refractivity contribution in [2.24, 2.45) is 0 Å². The minimum absolute atomic E-state index is 0.343. The van der Waals surface area contributed by atoms with Gasteiger partial charge in [-0.2, -0.15) is 26.3 Å². The van der Waals surface area contributed by atoms with Gasteiger partial charge < -0.3 is 24.1 Å². The largest absolute Gasteiger partial charge is 0.490 e. The Morgan fingerprint density at radius 1 is 1.00 bits per heavy atom. The fourth-order valence-electron chi connectivity index (χ4n) is 3.86. The first-order valence-electron chi connectivity index (χ1n) is 10.6. The first kappa shape index (κ1) is 28.9. The lowest BCUT2D eigenvalue weighted by atomic mass is 10.1. The van der Waals surface area contributed by atoms with E-state index < -0.39 is 24.3 Å². The SMILES string of the molecule is O=C(O)C(F)(F)F.O=C(O)C(F)(F)F.c1coc(CN2C[C@@H]3OCCN(CC4CCCO4)[C@@H]3C2)c1. The van der Waals surface area contributed by atoms with Crippen molar-refractivity contribution < 1.29 is 60.0 Å². The number of aliphatic carboxylic acids is 2. The molecule has 1 aromatic rings. The van der Waals surface area contributed by atoms with E-state index in [1.807, 2.05) is 12.1 Å². The molecule has 1 unspecified atom stereocenters. The van der Waals surface area contributed by atoms with Crippen LogP contribution in [-0.2, 0) is 25.6 Å². The summed E-state index contributed by atoms with van der Waals surface area (Å²) in [6.07, 6.45) is -5.21. The lowest BCUT2D eigenvalue weighted by Crippen LogP contribution is -2.52. The second kappa shape index (κ2) is 12.6. The van der Waals surface area contributed by atoms with Crippen LogP contribution in [0.4, 0.5) is 26.3 Å². The highest BCUT2D eigenvalue weighted by Gasteiger charge is 2.41. The van der Waals surface area contributed by atoms with Crippen LogP contribution in [0, 0.1) is 0 Å². The summed E-state index contributed by atoms with van der Waals surface area (Å²) in [6, 6.07) is 4.52. The van der Waals surface area contributed by atoms with Crippen LogP contribution in [0.2, 0.25) is 0 Å². The summed E-state index contributed by atoms with van der Waals surface area (Å²) < 4.78 is 80.7. The Labute approximate surface area is 196 Å². The number of alkyl halides is 6. The number of carbonyl (C=O) groups is 2. The van der Waals surface area contributed by atoms with Gasteiger partial charge in [0.05, 0.1) is 31.6 Å². The van der Waals surface area contributed by atoms with Gasteiger partial charge in [0.1, 0.15) is 5.76 Å². The Balaban J connectivity index is 0.000000257. The minimum Gasteiger partial charge on any atom is -0.475 e. The van der Waals surface area contributed by atoms with Crippen LogP contribution in [0.15, 0.2) is 22.8 Å². The Morgan fingerprint density at radius 2 is 1.63 bits per heavy atom. The molecule has 15 heteroatoms. The third-order valence-electron chi connectivity index (χ3n) is 5.40. The van der Waals surface area contributed by atoms with E-state index in [4.69, 9.17) is 33.7 Å². The Kier molecular flexibility index (Phi) is 10.4. The van der Waals surface area contributed by atoms with Crippen LogP contribution < -0.4 is 0 Å². The van der Waals surface area contributed by atoms with Gasteiger partial charge in [-0.15, -0.1) is 0 Å². The number of halogens is 6. The number of nitrogens with zero attached hydrogens (tertiary/aromatic N) is 2. The molecule has 2 N–H and O–H groups in total. The van der Waals surface area contributed by atoms with Crippen molar-refractivity contribution in [1.82, 2.24) is 9.80 Å². The Morgan fingerprint density at radius 3 is 2.11 bits per heavy atom. The van der Waals surface area contributed by atoms with Gasteiger partial charge in [0.15, 0.2) is 0 Å². The van der Waals surface area contributed by atoms with Crippen LogP contribution in [0.25, 0.3) is 0 Å². The van der Waals surface area contributed by atoms with Gasteiger partial charge in [-0.3, -0.25) is 9.80 Å². The monoisotopic (exact) mass is 520 g/mol. The van der Waals surface area contributed by atoms with Crippen molar-refractivity contribution in [3.8, 4) is 0 Å². The van der Waals surface area contributed by atoms with Gasteiger partial charge in [0, 0.05) is 38.8 Å². The molecule has 3 aliphatic rings. The Hall–Kier alpha value is -2.36. The van der Waals surface area contributed by atoms with E-state index in [0.717, 1.165) is 51.7 Å². The molecule has 3 fully saturated rings. The third kappa shape index (κ3) is 9.66. The number of likely N-dealkylation sites (tertiary alicyclic amines) is 1. The molecule has 0 aromatic carbocycles. The van der Waals surface area contributed by atoms with E-state index >= 15 is 0 Å². The average molecular weight is 520 g/mol. The first-order valence-corrected chi connectivity index (χ1v) is 10.6. The minimum atomic E-state index is -5.08. The predicted octanol–water partition coefficient (Wildman–Crippen LogP) is 2.61. The molecule has 0 aliphatic carbocycles. The number of morpholine rings is 1. The van der Waals surface area contributed by atoms with Crippen LogP contribution >= 0.6 is 0 Å². The highest BCUT2D eigenvalue weighted by molar-refractivity contribution is 5.73. The Bertz CT molecular complexity index is 773. The molecule has 9 nitrogen and oxygen atoms in total. The summed E-state index contributed by atoms with van der Waals surface area (Å²) >= 11 is 0. The summed E-state index contributed by atoms with van der Waals surface area (Å²) in [5.74, 6) is -4.47. The second-order valence-electron chi connectivity index (χ2n) is 7.99. The van der Waals surface area contributed by atoms with Gasteiger partial charge in [-0.25, -0.2) is 9.59 Å². The van der Waals surface area contributed by atoms with E-state index in [0.29, 0.717) is 18.2 Å². The smallest absolute Gasteiger partial charge is 0.475 e. The molecule has 0 saturated carbocycles. The summed E-state index contributed by atoms with van der Waals surface area (Å²) in [5, 5.41) is 14.2. The molecule has 4 rings (SSSR count). The number of carboxylic acids is 2. The van der Waals surface area contributed by atoms with E-state index in [2.05, 4.69) is 9.80 Å². The van der Waals surface area contributed by atoms with Gasteiger partial charge in [-0.05, 0) is 25.0 Å². The zero-order valence-corrected chi connectivity index (χ0v) is 18.4. The number of furan rings is 1. The first-order chi connectivity index (χ1) is 16.3. The van der Waals surface area contributed by atoms with Crippen LogP contribution in [0.1, 0.15) is 18.6 Å². The fourth-order valence-corrected chi connectivity index (χ4v) is 3.86. The average Bonchev–Trinajstić information content (AvgIpc) is 3.50. The lowest BCUT2D eigenvalue weighted by molar-refractivity contribution is -0.193. The fraction of sp³-hybridized carbons (Fsp3) is 0.700. The highest BCUT2D eigenvalue weighted by atomic mass is 19.4. The summed E-state index contributed by atoms with van der Waals surface area (Å²) in [7, 11) is 0. The number of hydrogen-bond donors (Lipinski definition) is 2. The molecular formula is C20H26F6N2O7. The molecule has 0 radical (unpaired) electrons. The highest BCUT2D eigenvalue weighted by Crippen LogP contribution is 2.26. The molecule has 0 amide bonds. The normalized spacial score (nSPS) is 25.1. The molecule has 35 heavy (non-hydrogen) atoms. The summed E-state index contributed by atoms with van der Waals surface area (Å²) in [4.78, 5) is 22.8. The number of carboxylic acid groups (broad SMARTS) is 2. The third-order valence-corrected chi connectivity index (χ3v) is 5.40. The van der Waals surface area contributed by atoms with E-state index in [1.54, 1.807) is 6.26 Å². The standard InChI is InChI=1S/C16H24N2O3.2C2HF3O2/c1-3-13(19-6-1)9-17-11-15-16(12-17)21-8-5-18(15)10-14-4-2-7-20-14;2*3-2(4,5)1(6)7/h1,3,6,14-16H,2,4-5,7-12H2;2*(H,6,7)/t14?,15-,16+;;/m1../s1. The zero-order chi connectivity index (χ0) is 26.2. The molecule has 0 bridgehead atoms. The number of hydrogen-bond acceptors (Lipinski definition) is 7. The van der Waals surface area contributed by atoms with Crippen molar-refractivity contribution in [1.29, 1.82) is 0 Å². The number of fused-ring (bicyclic) bond motifs is 1. The topological polar surface area (TPSA) is 113 Å². The van der Waals surface area contributed by atoms with Gasteiger partial charge in [0.2, 0.25) is 0 Å². The molecule has 0 spiro atoms. The lowest BCUT2D eigenvalue weighted by Gasteiger charge is -2.38. The molecular weight excluding hydrogens is 494 g/mol. The molecule has 1 aromatic heterocycles. The second-order valence-corrected chi connectivity index (χ2v) is 7.99. The van der Waals surface area contributed by atoms with Crippen molar-refractivity contribution in [3.05, 3.63) is 24.2 Å². The van der Waals surface area contributed by atoms with Crippen molar-refractivity contribution in [3.63, 3.8) is 0 Å². The molecule has 3 saturated heterocycles. The molecule has 3 aliphatic heterocycles. The quantitative estimate of drug-likeness (QED) is 0.579. The number of ether oxygens (including phenoxy) is 2.